The fourth-order valence-electron chi connectivity index (χ4n) is 2.70. The Labute approximate surface area is 141 Å². The molecule has 3 rings (SSSR count). The van der Waals surface area contributed by atoms with E-state index in [4.69, 9.17) is 0 Å². The van der Waals surface area contributed by atoms with Crippen molar-refractivity contribution >= 4 is 11.3 Å². The van der Waals surface area contributed by atoms with Crippen molar-refractivity contribution < 1.29 is 17.9 Å². The monoisotopic (exact) mass is 352 g/mol. The SMILES string of the molecule is Cc1nc(-c2cc(C)n(-c3ccc(OC(F)(F)F)cc3)c2C)cs1. The van der Waals surface area contributed by atoms with Crippen LogP contribution in [0.15, 0.2) is 35.7 Å². The number of aryl methyl sites for hydroxylation is 2. The van der Waals surface area contributed by atoms with Crippen LogP contribution in [0.25, 0.3) is 16.9 Å². The molecule has 24 heavy (non-hydrogen) atoms. The Bertz CT molecular complexity index is 863. The Morgan fingerprint density at radius 2 is 1.75 bits per heavy atom. The highest BCUT2D eigenvalue weighted by Crippen LogP contribution is 2.31. The first kappa shape index (κ1) is 16.6. The normalized spacial score (nSPS) is 11.8. The molecule has 0 aliphatic heterocycles. The highest BCUT2D eigenvalue weighted by molar-refractivity contribution is 7.09. The molecule has 0 unspecified atom stereocenters. The van der Waals surface area contributed by atoms with Crippen molar-refractivity contribution in [3.05, 3.63) is 52.1 Å². The fraction of sp³-hybridized carbons (Fsp3) is 0.235. The van der Waals surface area contributed by atoms with E-state index in [0.29, 0.717) is 0 Å². The van der Waals surface area contributed by atoms with Gasteiger partial charge in [0.15, 0.2) is 0 Å². The molecule has 3 aromatic rings. The Kier molecular flexibility index (Phi) is 4.13. The third kappa shape index (κ3) is 3.31. The Hall–Kier alpha value is -2.28. The van der Waals surface area contributed by atoms with Gasteiger partial charge in [0.1, 0.15) is 5.75 Å². The molecular formula is C17H15F3N2OS. The number of alkyl halides is 3. The molecule has 2 heterocycles. The minimum Gasteiger partial charge on any atom is -0.406 e. The first-order valence-electron chi connectivity index (χ1n) is 7.22. The lowest BCUT2D eigenvalue weighted by molar-refractivity contribution is -0.274. The molecule has 0 atom stereocenters. The van der Waals surface area contributed by atoms with Gasteiger partial charge in [0, 0.05) is 28.0 Å². The fourth-order valence-corrected chi connectivity index (χ4v) is 3.32. The van der Waals surface area contributed by atoms with Crippen LogP contribution in [0.3, 0.4) is 0 Å². The molecular weight excluding hydrogens is 337 g/mol. The van der Waals surface area contributed by atoms with Crippen LogP contribution in [-0.2, 0) is 0 Å². The first-order chi connectivity index (χ1) is 11.2. The summed E-state index contributed by atoms with van der Waals surface area (Å²) in [5.41, 5.74) is 4.68. The zero-order valence-electron chi connectivity index (χ0n) is 13.3. The molecule has 2 aromatic heterocycles. The summed E-state index contributed by atoms with van der Waals surface area (Å²) < 4.78 is 42.7. The van der Waals surface area contributed by atoms with Crippen LogP contribution < -0.4 is 4.74 Å². The molecule has 0 bridgehead atoms. The second-order valence-electron chi connectivity index (χ2n) is 5.41. The van der Waals surface area contributed by atoms with Gasteiger partial charge < -0.3 is 9.30 Å². The van der Waals surface area contributed by atoms with E-state index in [1.165, 1.54) is 12.1 Å². The highest BCUT2D eigenvalue weighted by atomic mass is 32.1. The number of thiazole rings is 1. The molecule has 126 valence electrons. The van der Waals surface area contributed by atoms with E-state index in [9.17, 15) is 13.2 Å². The Morgan fingerprint density at radius 3 is 2.29 bits per heavy atom. The third-order valence-corrected chi connectivity index (χ3v) is 4.43. The lowest BCUT2D eigenvalue weighted by Crippen LogP contribution is -2.17. The molecule has 1 aromatic carbocycles. The minimum absolute atomic E-state index is 0.232. The summed E-state index contributed by atoms with van der Waals surface area (Å²) >= 11 is 1.58. The van der Waals surface area contributed by atoms with E-state index >= 15 is 0 Å². The van der Waals surface area contributed by atoms with Crippen LogP contribution in [0.4, 0.5) is 13.2 Å². The van der Waals surface area contributed by atoms with Gasteiger partial charge in [-0.05, 0) is 51.1 Å². The predicted molar refractivity (Wildman–Crippen MR) is 87.8 cm³/mol. The number of benzene rings is 1. The van der Waals surface area contributed by atoms with Crippen molar-refractivity contribution in [3.8, 4) is 22.7 Å². The number of halogens is 3. The average molecular weight is 352 g/mol. The average Bonchev–Trinajstić information content (AvgIpc) is 3.02. The van der Waals surface area contributed by atoms with Crippen molar-refractivity contribution in [1.29, 1.82) is 0 Å². The number of aromatic nitrogens is 2. The number of ether oxygens (including phenoxy) is 1. The van der Waals surface area contributed by atoms with Gasteiger partial charge in [-0.2, -0.15) is 0 Å². The Morgan fingerprint density at radius 1 is 1.08 bits per heavy atom. The number of hydrogen-bond acceptors (Lipinski definition) is 3. The van der Waals surface area contributed by atoms with E-state index in [0.717, 1.165) is 33.3 Å². The summed E-state index contributed by atoms with van der Waals surface area (Å²) in [6, 6.07) is 7.88. The predicted octanol–water partition coefficient (Wildman–Crippen LogP) is 5.42. The molecule has 7 heteroatoms. The molecule has 0 spiro atoms. The Balaban J connectivity index is 1.97. The van der Waals surface area contributed by atoms with E-state index < -0.39 is 6.36 Å². The maximum Gasteiger partial charge on any atom is 0.573 e. The van der Waals surface area contributed by atoms with Gasteiger partial charge >= 0.3 is 6.36 Å². The molecule has 0 aliphatic carbocycles. The number of rotatable bonds is 3. The molecule has 0 N–H and O–H groups in total. The zero-order chi connectivity index (χ0) is 17.5. The second kappa shape index (κ2) is 5.98. The van der Waals surface area contributed by atoms with Gasteiger partial charge in [-0.1, -0.05) is 0 Å². The lowest BCUT2D eigenvalue weighted by atomic mass is 10.2. The van der Waals surface area contributed by atoms with Crippen molar-refractivity contribution in [2.75, 3.05) is 0 Å². The van der Waals surface area contributed by atoms with Crippen LogP contribution in [0.2, 0.25) is 0 Å². The molecule has 0 saturated heterocycles. The van der Waals surface area contributed by atoms with Crippen LogP contribution in [0.1, 0.15) is 16.4 Å². The summed E-state index contributed by atoms with van der Waals surface area (Å²) in [7, 11) is 0. The van der Waals surface area contributed by atoms with Crippen LogP contribution >= 0.6 is 11.3 Å². The summed E-state index contributed by atoms with van der Waals surface area (Å²) in [5.74, 6) is -0.232. The molecule has 0 fully saturated rings. The standard InChI is InChI=1S/C17H15F3N2OS/c1-10-8-15(16-9-24-12(3)21-16)11(2)22(10)13-4-6-14(7-5-13)23-17(18,19)20/h4-9H,1-3H3. The van der Waals surface area contributed by atoms with Crippen LogP contribution in [0, 0.1) is 20.8 Å². The van der Waals surface area contributed by atoms with Gasteiger partial charge in [0.05, 0.1) is 10.7 Å². The van der Waals surface area contributed by atoms with Gasteiger partial charge in [-0.25, -0.2) is 4.98 Å². The number of hydrogen-bond donors (Lipinski definition) is 0. The molecule has 0 amide bonds. The van der Waals surface area contributed by atoms with Gasteiger partial charge in [-0.3, -0.25) is 0 Å². The summed E-state index contributed by atoms with van der Waals surface area (Å²) in [5, 5.41) is 2.99. The highest BCUT2D eigenvalue weighted by Gasteiger charge is 2.31. The summed E-state index contributed by atoms with van der Waals surface area (Å²) in [4.78, 5) is 4.50. The third-order valence-electron chi connectivity index (χ3n) is 3.65. The topological polar surface area (TPSA) is 27.1 Å². The first-order valence-corrected chi connectivity index (χ1v) is 8.10. The number of nitrogens with zero attached hydrogens (tertiary/aromatic N) is 2. The molecule has 3 nitrogen and oxygen atoms in total. The largest absolute Gasteiger partial charge is 0.573 e. The maximum atomic E-state index is 12.3. The van der Waals surface area contributed by atoms with Gasteiger partial charge in [0.25, 0.3) is 0 Å². The maximum absolute atomic E-state index is 12.3. The second-order valence-corrected chi connectivity index (χ2v) is 6.48. The van der Waals surface area contributed by atoms with Gasteiger partial charge in [0.2, 0.25) is 0 Å². The zero-order valence-corrected chi connectivity index (χ0v) is 14.1. The van der Waals surface area contributed by atoms with Crippen LogP contribution in [0.5, 0.6) is 5.75 Å². The van der Waals surface area contributed by atoms with Crippen molar-refractivity contribution in [2.45, 2.75) is 27.1 Å². The quantitative estimate of drug-likeness (QED) is 0.629. The molecule has 0 aliphatic rings. The van der Waals surface area contributed by atoms with Crippen molar-refractivity contribution in [3.63, 3.8) is 0 Å². The van der Waals surface area contributed by atoms with Gasteiger partial charge in [-0.15, -0.1) is 24.5 Å². The summed E-state index contributed by atoms with van der Waals surface area (Å²) in [6.07, 6.45) is -4.68. The van der Waals surface area contributed by atoms with E-state index in [-0.39, 0.29) is 5.75 Å². The van der Waals surface area contributed by atoms with Crippen molar-refractivity contribution in [1.82, 2.24) is 9.55 Å². The van der Waals surface area contributed by atoms with E-state index in [2.05, 4.69) is 9.72 Å². The van der Waals surface area contributed by atoms with E-state index in [1.54, 1.807) is 23.5 Å². The van der Waals surface area contributed by atoms with Crippen molar-refractivity contribution in [2.24, 2.45) is 0 Å². The van der Waals surface area contributed by atoms with E-state index in [1.807, 2.05) is 36.8 Å². The summed E-state index contributed by atoms with van der Waals surface area (Å²) in [6.45, 7) is 5.87. The smallest absolute Gasteiger partial charge is 0.406 e. The lowest BCUT2D eigenvalue weighted by Gasteiger charge is -2.12. The van der Waals surface area contributed by atoms with Crippen LogP contribution in [-0.4, -0.2) is 15.9 Å². The minimum atomic E-state index is -4.68. The molecule has 0 saturated carbocycles. The molecule has 0 radical (unpaired) electrons.